The molecule has 0 radical (unpaired) electrons. The van der Waals surface area contributed by atoms with Gasteiger partial charge in [0.25, 0.3) is 0 Å². The highest BCUT2D eigenvalue weighted by atomic mass is 14.9. The molecule has 0 aliphatic heterocycles. The highest BCUT2D eigenvalue weighted by Crippen LogP contribution is 2.17. The van der Waals surface area contributed by atoms with Gasteiger partial charge < -0.3 is 5.32 Å². The maximum absolute atomic E-state index is 4.60. The van der Waals surface area contributed by atoms with E-state index in [0.29, 0.717) is 11.9 Å². The third-order valence-electron chi connectivity index (χ3n) is 3.24. The Kier molecular flexibility index (Phi) is 4.79. The summed E-state index contributed by atoms with van der Waals surface area (Å²) in [6.07, 6.45) is 2.72. The van der Waals surface area contributed by atoms with Crippen LogP contribution in [0.4, 0.5) is 0 Å². The number of hydrogen-bond donors (Lipinski definition) is 1. The molecule has 0 saturated heterocycles. The summed E-state index contributed by atoms with van der Waals surface area (Å²) in [6.45, 7) is 9.35. The van der Waals surface area contributed by atoms with Crippen LogP contribution in [0.3, 0.4) is 0 Å². The minimum absolute atomic E-state index is 0.504. The molecule has 0 saturated carbocycles. The zero-order valence-electron chi connectivity index (χ0n) is 12.6. The van der Waals surface area contributed by atoms with Gasteiger partial charge in [0.1, 0.15) is 5.69 Å². The highest BCUT2D eigenvalue weighted by molar-refractivity contribution is 5.49. The van der Waals surface area contributed by atoms with Gasteiger partial charge in [-0.15, -0.1) is 0 Å². The second-order valence-electron chi connectivity index (χ2n) is 5.27. The normalized spacial score (nSPS) is 11.1. The third-order valence-corrected chi connectivity index (χ3v) is 3.24. The number of rotatable bonds is 5. The average molecular weight is 270 g/mol. The maximum Gasteiger partial charge on any atom is 0.178 e. The number of nitrogens with zero attached hydrogens (tertiary/aromatic N) is 3. The van der Waals surface area contributed by atoms with Gasteiger partial charge in [-0.25, -0.2) is 9.97 Å². The quantitative estimate of drug-likeness (QED) is 0.907. The van der Waals surface area contributed by atoms with Gasteiger partial charge in [0.15, 0.2) is 5.82 Å². The minimum Gasteiger partial charge on any atom is -0.314 e. The van der Waals surface area contributed by atoms with Crippen LogP contribution in [0.15, 0.2) is 24.4 Å². The zero-order chi connectivity index (χ0) is 14.5. The largest absolute Gasteiger partial charge is 0.314 e. The Morgan fingerprint density at radius 2 is 1.80 bits per heavy atom. The molecule has 0 aromatic carbocycles. The Bertz CT molecular complexity index is 541. The predicted molar refractivity (Wildman–Crippen MR) is 81.6 cm³/mol. The molecular weight excluding hydrogens is 248 g/mol. The molecule has 4 heteroatoms. The lowest BCUT2D eigenvalue weighted by atomic mass is 10.1. The lowest BCUT2D eigenvalue weighted by Crippen LogP contribution is -2.25. The predicted octanol–water partition coefficient (Wildman–Crippen LogP) is 2.70. The molecule has 2 heterocycles. The fourth-order valence-corrected chi connectivity index (χ4v) is 2.20. The molecule has 0 atom stereocenters. The smallest absolute Gasteiger partial charge is 0.178 e. The van der Waals surface area contributed by atoms with Crippen molar-refractivity contribution in [1.29, 1.82) is 0 Å². The Morgan fingerprint density at radius 1 is 1.10 bits per heavy atom. The van der Waals surface area contributed by atoms with E-state index in [-0.39, 0.29) is 0 Å². The molecule has 0 aliphatic rings. The molecule has 0 unspecified atom stereocenters. The van der Waals surface area contributed by atoms with Gasteiger partial charge in [0.05, 0.1) is 0 Å². The van der Waals surface area contributed by atoms with Crippen LogP contribution in [0.5, 0.6) is 0 Å². The molecule has 1 N–H and O–H groups in total. The molecule has 20 heavy (non-hydrogen) atoms. The SMILES string of the molecule is Cc1nc(-c2ccccn2)nc(C)c1CCNC(C)C. The highest BCUT2D eigenvalue weighted by Gasteiger charge is 2.10. The molecule has 0 spiro atoms. The van der Waals surface area contributed by atoms with Crippen molar-refractivity contribution >= 4 is 0 Å². The lowest BCUT2D eigenvalue weighted by Gasteiger charge is -2.12. The van der Waals surface area contributed by atoms with Gasteiger partial charge in [-0.1, -0.05) is 19.9 Å². The van der Waals surface area contributed by atoms with E-state index in [0.717, 1.165) is 30.0 Å². The lowest BCUT2D eigenvalue weighted by molar-refractivity contribution is 0.588. The Morgan fingerprint density at radius 3 is 2.35 bits per heavy atom. The summed E-state index contributed by atoms with van der Waals surface area (Å²) in [6, 6.07) is 6.30. The molecule has 0 amide bonds. The summed E-state index contributed by atoms with van der Waals surface area (Å²) < 4.78 is 0. The zero-order valence-corrected chi connectivity index (χ0v) is 12.6. The molecule has 0 aliphatic carbocycles. The summed E-state index contributed by atoms with van der Waals surface area (Å²) in [5.74, 6) is 0.709. The van der Waals surface area contributed by atoms with Gasteiger partial charge >= 0.3 is 0 Å². The second-order valence-corrected chi connectivity index (χ2v) is 5.27. The van der Waals surface area contributed by atoms with Crippen LogP contribution in [-0.2, 0) is 6.42 Å². The first kappa shape index (κ1) is 14.6. The van der Waals surface area contributed by atoms with Gasteiger partial charge in [0.2, 0.25) is 0 Å². The van der Waals surface area contributed by atoms with Gasteiger partial charge in [-0.2, -0.15) is 0 Å². The molecule has 0 bridgehead atoms. The number of nitrogens with one attached hydrogen (secondary N) is 1. The first-order valence-electron chi connectivity index (χ1n) is 7.07. The molecule has 4 nitrogen and oxygen atoms in total. The molecule has 0 fully saturated rings. The number of aryl methyl sites for hydroxylation is 2. The summed E-state index contributed by atoms with van der Waals surface area (Å²) in [7, 11) is 0. The first-order chi connectivity index (χ1) is 9.58. The van der Waals surface area contributed by atoms with Crippen molar-refractivity contribution < 1.29 is 0 Å². The van der Waals surface area contributed by atoms with Gasteiger partial charge in [-0.05, 0) is 44.5 Å². The Balaban J connectivity index is 2.21. The molecule has 2 aromatic rings. The molecule has 106 valence electrons. The van der Waals surface area contributed by atoms with Crippen LogP contribution >= 0.6 is 0 Å². The van der Waals surface area contributed by atoms with Crippen LogP contribution < -0.4 is 5.32 Å². The van der Waals surface area contributed by atoms with E-state index in [2.05, 4.69) is 34.1 Å². The number of aromatic nitrogens is 3. The Labute approximate surface area is 120 Å². The average Bonchev–Trinajstić information content (AvgIpc) is 2.42. The van der Waals surface area contributed by atoms with Crippen molar-refractivity contribution in [1.82, 2.24) is 20.3 Å². The van der Waals surface area contributed by atoms with E-state index in [4.69, 9.17) is 0 Å². The standard InChI is InChI=1S/C16H22N4/c1-11(2)17-10-8-14-12(3)19-16(20-13(14)4)15-7-5-6-9-18-15/h5-7,9,11,17H,8,10H2,1-4H3. The van der Waals surface area contributed by atoms with Crippen LogP contribution in [0.2, 0.25) is 0 Å². The topological polar surface area (TPSA) is 50.7 Å². The minimum atomic E-state index is 0.504. The summed E-state index contributed by atoms with van der Waals surface area (Å²) in [5, 5.41) is 3.43. The van der Waals surface area contributed by atoms with Crippen molar-refractivity contribution in [2.24, 2.45) is 0 Å². The van der Waals surface area contributed by atoms with Gasteiger partial charge in [-0.3, -0.25) is 4.98 Å². The monoisotopic (exact) mass is 270 g/mol. The summed E-state index contributed by atoms with van der Waals surface area (Å²) in [5.41, 5.74) is 4.15. The van der Waals surface area contributed by atoms with Crippen molar-refractivity contribution in [2.45, 2.75) is 40.2 Å². The third kappa shape index (κ3) is 3.61. The van der Waals surface area contributed by atoms with Crippen molar-refractivity contribution in [3.63, 3.8) is 0 Å². The summed E-state index contributed by atoms with van der Waals surface area (Å²) in [4.78, 5) is 13.5. The fraction of sp³-hybridized carbons (Fsp3) is 0.438. The van der Waals surface area contributed by atoms with E-state index < -0.39 is 0 Å². The summed E-state index contributed by atoms with van der Waals surface area (Å²) >= 11 is 0. The van der Waals surface area contributed by atoms with Crippen LogP contribution in [0.1, 0.15) is 30.8 Å². The van der Waals surface area contributed by atoms with Crippen LogP contribution in [0, 0.1) is 13.8 Å². The van der Waals surface area contributed by atoms with E-state index in [1.165, 1.54) is 5.56 Å². The van der Waals surface area contributed by atoms with Crippen LogP contribution in [-0.4, -0.2) is 27.5 Å². The van der Waals surface area contributed by atoms with Crippen LogP contribution in [0.25, 0.3) is 11.5 Å². The molecular formula is C16H22N4. The van der Waals surface area contributed by atoms with Crippen molar-refractivity contribution in [2.75, 3.05) is 6.54 Å². The molecule has 2 aromatic heterocycles. The number of pyridine rings is 1. The van der Waals surface area contributed by atoms with E-state index >= 15 is 0 Å². The second kappa shape index (κ2) is 6.57. The van der Waals surface area contributed by atoms with E-state index in [1.807, 2.05) is 32.0 Å². The fourth-order valence-electron chi connectivity index (χ4n) is 2.20. The Hall–Kier alpha value is -1.81. The number of hydrogen-bond acceptors (Lipinski definition) is 4. The van der Waals surface area contributed by atoms with E-state index in [9.17, 15) is 0 Å². The van der Waals surface area contributed by atoms with Gasteiger partial charge in [0, 0.05) is 23.6 Å². The maximum atomic E-state index is 4.60. The van der Waals surface area contributed by atoms with Crippen molar-refractivity contribution in [3.05, 3.63) is 41.3 Å². The van der Waals surface area contributed by atoms with E-state index in [1.54, 1.807) is 6.20 Å². The first-order valence-corrected chi connectivity index (χ1v) is 7.07. The van der Waals surface area contributed by atoms with Crippen molar-refractivity contribution in [3.8, 4) is 11.5 Å². The molecule has 2 rings (SSSR count).